The van der Waals surface area contributed by atoms with Crippen molar-refractivity contribution in [3.05, 3.63) is 35.4 Å². The fraction of sp³-hybridized carbons (Fsp3) is 0.579. The highest BCUT2D eigenvalue weighted by Gasteiger charge is 2.45. The zero-order chi connectivity index (χ0) is 18.0. The van der Waals surface area contributed by atoms with Gasteiger partial charge in [0.2, 0.25) is 5.91 Å². The first-order chi connectivity index (χ1) is 11.9. The van der Waals surface area contributed by atoms with Crippen molar-refractivity contribution >= 4 is 11.9 Å². The van der Waals surface area contributed by atoms with Crippen molar-refractivity contribution in [2.24, 2.45) is 5.92 Å². The maximum absolute atomic E-state index is 12.5. The number of carbonyl (C=O) groups is 2. The molecule has 1 aromatic rings. The molecule has 2 saturated heterocycles. The number of carbonyl (C=O) groups excluding carboxylic acids is 2. The molecule has 6 heteroatoms. The van der Waals surface area contributed by atoms with Gasteiger partial charge in [-0.15, -0.1) is 0 Å². The predicted octanol–water partition coefficient (Wildman–Crippen LogP) is 1.82. The number of hydrogen-bond acceptors (Lipinski definition) is 3. The normalized spacial score (nSPS) is 25.1. The Morgan fingerprint density at radius 3 is 2.76 bits per heavy atom. The molecular formula is C19H27N3O3. The zero-order valence-electron chi connectivity index (χ0n) is 15.1. The summed E-state index contributed by atoms with van der Waals surface area (Å²) in [6, 6.07) is 8.04. The summed E-state index contributed by atoms with van der Waals surface area (Å²) in [6.45, 7) is 7.45. The van der Waals surface area contributed by atoms with Gasteiger partial charge in [0.1, 0.15) is 0 Å². The van der Waals surface area contributed by atoms with Gasteiger partial charge >= 0.3 is 6.03 Å². The molecule has 0 saturated carbocycles. The Hall–Kier alpha value is -2.08. The fourth-order valence-electron chi connectivity index (χ4n) is 3.58. The zero-order valence-corrected chi connectivity index (χ0v) is 15.1. The minimum absolute atomic E-state index is 0.0321. The lowest BCUT2D eigenvalue weighted by Gasteiger charge is -2.33. The molecule has 2 heterocycles. The predicted molar refractivity (Wildman–Crippen MR) is 95.0 cm³/mol. The molecule has 2 N–H and O–H groups in total. The van der Waals surface area contributed by atoms with Gasteiger partial charge in [-0.25, -0.2) is 4.79 Å². The topological polar surface area (TPSA) is 70.7 Å². The molecule has 0 aromatic heterocycles. The molecule has 2 fully saturated rings. The number of urea groups is 1. The van der Waals surface area contributed by atoms with E-state index in [-0.39, 0.29) is 36.1 Å². The second-order valence-electron chi connectivity index (χ2n) is 7.29. The number of hydrogen-bond donors (Lipinski definition) is 2. The first-order valence-corrected chi connectivity index (χ1v) is 8.97. The Kier molecular flexibility index (Phi) is 5.27. The fourth-order valence-corrected chi connectivity index (χ4v) is 3.58. The van der Waals surface area contributed by atoms with Crippen LogP contribution in [-0.4, -0.2) is 48.2 Å². The van der Waals surface area contributed by atoms with E-state index in [1.54, 1.807) is 4.90 Å². The third kappa shape index (κ3) is 4.12. The number of rotatable bonds is 4. The standard InChI is InChI=1S/C19H27N3O3/c1-12(2)21-18(23)16-8-15-10-22(11-17(16)25-15)19(24)20-9-14-7-5-4-6-13(14)3/h4-7,12,15-17H,8-11H2,1-3H3,(H,20,24)(H,21,23)/t15-,16+,17-/m1/s1. The van der Waals surface area contributed by atoms with Crippen LogP contribution in [0, 0.1) is 12.8 Å². The van der Waals surface area contributed by atoms with Gasteiger partial charge in [0.05, 0.1) is 18.1 Å². The van der Waals surface area contributed by atoms with Crippen LogP contribution in [0.5, 0.6) is 0 Å². The van der Waals surface area contributed by atoms with Crippen molar-refractivity contribution in [1.29, 1.82) is 0 Å². The van der Waals surface area contributed by atoms with Crippen molar-refractivity contribution in [2.75, 3.05) is 13.1 Å². The number of morpholine rings is 1. The number of nitrogens with one attached hydrogen (secondary N) is 2. The van der Waals surface area contributed by atoms with E-state index in [4.69, 9.17) is 4.74 Å². The smallest absolute Gasteiger partial charge is 0.317 e. The van der Waals surface area contributed by atoms with E-state index in [0.717, 1.165) is 11.1 Å². The van der Waals surface area contributed by atoms with E-state index in [0.29, 0.717) is 26.1 Å². The molecule has 25 heavy (non-hydrogen) atoms. The maximum atomic E-state index is 12.5. The van der Waals surface area contributed by atoms with Crippen molar-refractivity contribution in [2.45, 2.75) is 52.0 Å². The lowest BCUT2D eigenvalue weighted by atomic mass is 9.99. The number of likely N-dealkylation sites (tertiary alicyclic amines) is 1. The Labute approximate surface area is 148 Å². The molecular weight excluding hydrogens is 318 g/mol. The molecule has 1 aromatic carbocycles. The second-order valence-corrected chi connectivity index (χ2v) is 7.29. The lowest BCUT2D eigenvalue weighted by molar-refractivity contribution is -0.128. The van der Waals surface area contributed by atoms with Crippen molar-refractivity contribution in [3.8, 4) is 0 Å². The van der Waals surface area contributed by atoms with Gasteiger partial charge in [-0.05, 0) is 38.3 Å². The first-order valence-electron chi connectivity index (χ1n) is 8.97. The van der Waals surface area contributed by atoms with Gasteiger partial charge in [-0.3, -0.25) is 4.79 Å². The van der Waals surface area contributed by atoms with Gasteiger partial charge in [-0.1, -0.05) is 24.3 Å². The molecule has 3 amide bonds. The van der Waals surface area contributed by atoms with Crippen LogP contribution in [0.3, 0.4) is 0 Å². The molecule has 0 radical (unpaired) electrons. The average Bonchev–Trinajstić information content (AvgIpc) is 2.87. The quantitative estimate of drug-likeness (QED) is 0.874. The summed E-state index contributed by atoms with van der Waals surface area (Å²) in [6.07, 6.45) is 0.428. The molecule has 3 atom stereocenters. The van der Waals surface area contributed by atoms with Crippen LogP contribution in [0.1, 0.15) is 31.4 Å². The van der Waals surface area contributed by atoms with Crippen LogP contribution in [0.15, 0.2) is 24.3 Å². The van der Waals surface area contributed by atoms with E-state index in [9.17, 15) is 9.59 Å². The highest BCUT2D eigenvalue weighted by molar-refractivity contribution is 5.80. The van der Waals surface area contributed by atoms with Crippen LogP contribution >= 0.6 is 0 Å². The average molecular weight is 345 g/mol. The van der Waals surface area contributed by atoms with E-state index >= 15 is 0 Å². The minimum Gasteiger partial charge on any atom is -0.370 e. The number of fused-ring (bicyclic) bond motifs is 2. The van der Waals surface area contributed by atoms with E-state index < -0.39 is 0 Å². The van der Waals surface area contributed by atoms with Crippen LogP contribution in [-0.2, 0) is 16.1 Å². The number of nitrogens with zero attached hydrogens (tertiary/aromatic N) is 1. The molecule has 136 valence electrons. The monoisotopic (exact) mass is 345 g/mol. The number of amides is 3. The molecule has 6 nitrogen and oxygen atoms in total. The van der Waals surface area contributed by atoms with E-state index in [2.05, 4.69) is 10.6 Å². The van der Waals surface area contributed by atoms with Crippen molar-refractivity contribution in [3.63, 3.8) is 0 Å². The number of aryl methyl sites for hydroxylation is 1. The summed E-state index contributed by atoms with van der Waals surface area (Å²) in [5, 5.41) is 5.94. The highest BCUT2D eigenvalue weighted by atomic mass is 16.5. The van der Waals surface area contributed by atoms with Crippen molar-refractivity contribution in [1.82, 2.24) is 15.5 Å². The first kappa shape index (κ1) is 17.7. The molecule has 0 spiro atoms. The van der Waals surface area contributed by atoms with Crippen LogP contribution < -0.4 is 10.6 Å². The minimum atomic E-state index is -0.207. The largest absolute Gasteiger partial charge is 0.370 e. The molecule has 2 aliphatic heterocycles. The van der Waals surface area contributed by atoms with E-state index in [1.807, 2.05) is 45.0 Å². The Morgan fingerprint density at radius 2 is 2.04 bits per heavy atom. The van der Waals surface area contributed by atoms with Gasteiger partial charge in [0, 0.05) is 25.7 Å². The molecule has 3 rings (SSSR count). The molecule has 2 aliphatic rings. The summed E-state index contributed by atoms with van der Waals surface area (Å²) >= 11 is 0. The number of benzene rings is 1. The summed E-state index contributed by atoms with van der Waals surface area (Å²) in [7, 11) is 0. The highest BCUT2D eigenvalue weighted by Crippen LogP contribution is 2.32. The lowest BCUT2D eigenvalue weighted by Crippen LogP contribution is -2.51. The van der Waals surface area contributed by atoms with Crippen LogP contribution in [0.25, 0.3) is 0 Å². The number of ether oxygens (including phenoxy) is 1. The Morgan fingerprint density at radius 1 is 1.28 bits per heavy atom. The van der Waals surface area contributed by atoms with Crippen LogP contribution in [0.2, 0.25) is 0 Å². The van der Waals surface area contributed by atoms with Gasteiger partial charge < -0.3 is 20.3 Å². The summed E-state index contributed by atoms with van der Waals surface area (Å²) in [4.78, 5) is 26.6. The third-order valence-electron chi connectivity index (χ3n) is 4.90. The summed E-state index contributed by atoms with van der Waals surface area (Å²) in [5.41, 5.74) is 2.27. The molecule has 2 bridgehead atoms. The van der Waals surface area contributed by atoms with Crippen LogP contribution in [0.4, 0.5) is 4.79 Å². The molecule has 0 unspecified atom stereocenters. The van der Waals surface area contributed by atoms with E-state index in [1.165, 1.54) is 0 Å². The SMILES string of the molecule is Cc1ccccc1CNC(=O)N1C[C@H]2C[C@H](C(=O)NC(C)C)[C@@H](C1)O2. The molecule has 0 aliphatic carbocycles. The Bertz CT molecular complexity index is 647. The van der Waals surface area contributed by atoms with Gasteiger partial charge in [-0.2, -0.15) is 0 Å². The Balaban J connectivity index is 1.56. The maximum Gasteiger partial charge on any atom is 0.317 e. The third-order valence-corrected chi connectivity index (χ3v) is 4.90. The van der Waals surface area contributed by atoms with Gasteiger partial charge in [0.15, 0.2) is 0 Å². The van der Waals surface area contributed by atoms with Gasteiger partial charge in [0.25, 0.3) is 0 Å². The van der Waals surface area contributed by atoms with Crippen molar-refractivity contribution < 1.29 is 14.3 Å². The summed E-state index contributed by atoms with van der Waals surface area (Å²) < 4.78 is 5.89. The second kappa shape index (κ2) is 7.44. The summed E-state index contributed by atoms with van der Waals surface area (Å²) in [5.74, 6) is -0.133.